The molecule has 21 heavy (non-hydrogen) atoms. The van der Waals surface area contributed by atoms with Gasteiger partial charge < -0.3 is 10.1 Å². The molecule has 1 N–H and O–H groups in total. The van der Waals surface area contributed by atoms with E-state index in [2.05, 4.69) is 5.32 Å². The van der Waals surface area contributed by atoms with E-state index in [-0.39, 0.29) is 10.6 Å². The molecule has 0 aliphatic heterocycles. The minimum Gasteiger partial charge on any atom is -0.377 e. The molecule has 1 fully saturated rings. The average molecular weight is 292 g/mol. The van der Waals surface area contributed by atoms with Gasteiger partial charge in [0, 0.05) is 18.2 Å². The number of rotatable bonds is 8. The van der Waals surface area contributed by atoms with Crippen molar-refractivity contribution >= 4 is 5.69 Å². The highest BCUT2D eigenvalue weighted by Crippen LogP contribution is 2.20. The first-order chi connectivity index (χ1) is 10.3. The van der Waals surface area contributed by atoms with Crippen molar-refractivity contribution in [3.8, 4) is 0 Å². The summed E-state index contributed by atoms with van der Waals surface area (Å²) in [6.07, 6.45) is 7.41. The van der Waals surface area contributed by atoms with Crippen molar-refractivity contribution in [1.29, 1.82) is 0 Å². The van der Waals surface area contributed by atoms with Gasteiger partial charge in [0.1, 0.15) is 0 Å². The van der Waals surface area contributed by atoms with Crippen LogP contribution in [0, 0.1) is 10.1 Å². The molecule has 0 radical (unpaired) electrons. The van der Waals surface area contributed by atoms with Gasteiger partial charge >= 0.3 is 0 Å². The minimum atomic E-state index is -0.318. The van der Waals surface area contributed by atoms with Crippen LogP contribution in [0.3, 0.4) is 0 Å². The smallest absolute Gasteiger partial charge is 0.272 e. The lowest BCUT2D eigenvalue weighted by molar-refractivity contribution is -0.385. The van der Waals surface area contributed by atoms with Crippen molar-refractivity contribution in [1.82, 2.24) is 5.32 Å². The summed E-state index contributed by atoms with van der Waals surface area (Å²) in [6.45, 7) is 2.26. The van der Waals surface area contributed by atoms with Crippen LogP contribution in [0.15, 0.2) is 24.3 Å². The number of para-hydroxylation sites is 1. The second-order valence-electron chi connectivity index (χ2n) is 5.52. The third-order valence-corrected chi connectivity index (χ3v) is 3.94. The third kappa shape index (κ3) is 5.44. The predicted octanol–water partition coefficient (Wildman–Crippen LogP) is 3.08. The van der Waals surface area contributed by atoms with Gasteiger partial charge in [-0.15, -0.1) is 0 Å². The first-order valence-electron chi connectivity index (χ1n) is 7.82. The largest absolute Gasteiger partial charge is 0.377 e. The maximum atomic E-state index is 10.9. The van der Waals surface area contributed by atoms with Crippen molar-refractivity contribution < 1.29 is 9.66 Å². The van der Waals surface area contributed by atoms with Crippen LogP contribution < -0.4 is 5.32 Å². The van der Waals surface area contributed by atoms with Crippen LogP contribution >= 0.6 is 0 Å². The molecule has 1 aliphatic carbocycles. The number of hydrogen-bond donors (Lipinski definition) is 1. The summed E-state index contributed by atoms with van der Waals surface area (Å²) in [7, 11) is 0. The molecule has 1 aromatic carbocycles. The Bertz CT molecular complexity index is 445. The van der Waals surface area contributed by atoms with Crippen LogP contribution in [0.4, 0.5) is 5.69 Å². The minimum absolute atomic E-state index is 0.206. The van der Waals surface area contributed by atoms with E-state index in [0.717, 1.165) is 25.3 Å². The van der Waals surface area contributed by atoms with Crippen LogP contribution in [-0.4, -0.2) is 30.7 Å². The van der Waals surface area contributed by atoms with Gasteiger partial charge in [0.25, 0.3) is 5.69 Å². The van der Waals surface area contributed by atoms with Crippen LogP contribution in [0.2, 0.25) is 0 Å². The highest BCUT2D eigenvalue weighted by Gasteiger charge is 2.13. The molecule has 5 heteroatoms. The van der Waals surface area contributed by atoms with E-state index >= 15 is 0 Å². The Hall–Kier alpha value is -1.46. The standard InChI is InChI=1S/C16H24N2O3/c19-18(20)16-9-5-4-6-14(16)10-11-17-12-13-21-15-7-2-1-3-8-15/h4-6,9,15,17H,1-3,7-8,10-13H2. The molecule has 2 rings (SSSR count). The molecule has 116 valence electrons. The van der Waals surface area contributed by atoms with E-state index in [1.54, 1.807) is 12.1 Å². The van der Waals surface area contributed by atoms with Gasteiger partial charge in [-0.1, -0.05) is 37.5 Å². The van der Waals surface area contributed by atoms with E-state index in [4.69, 9.17) is 4.74 Å². The first kappa shape index (κ1) is 15.9. The zero-order valence-electron chi connectivity index (χ0n) is 12.4. The first-order valence-corrected chi connectivity index (χ1v) is 7.82. The SMILES string of the molecule is O=[N+]([O-])c1ccccc1CCNCCOC1CCCCC1. The number of ether oxygens (including phenoxy) is 1. The Labute approximate surface area is 125 Å². The monoisotopic (exact) mass is 292 g/mol. The van der Waals surface area contributed by atoms with Gasteiger partial charge in [-0.2, -0.15) is 0 Å². The Morgan fingerprint density at radius 2 is 1.95 bits per heavy atom. The fourth-order valence-electron chi connectivity index (χ4n) is 2.78. The molecule has 0 bridgehead atoms. The Kier molecular flexibility index (Phi) is 6.63. The molecule has 0 saturated heterocycles. The summed E-state index contributed by atoms with van der Waals surface area (Å²) in [6, 6.07) is 6.92. The molecule has 0 spiro atoms. The number of nitrogens with one attached hydrogen (secondary N) is 1. The molecule has 0 aromatic heterocycles. The van der Waals surface area contributed by atoms with Gasteiger partial charge in [0.2, 0.25) is 0 Å². The highest BCUT2D eigenvalue weighted by atomic mass is 16.6. The van der Waals surface area contributed by atoms with Crippen molar-refractivity contribution in [2.45, 2.75) is 44.6 Å². The lowest BCUT2D eigenvalue weighted by atomic mass is 9.98. The van der Waals surface area contributed by atoms with Gasteiger partial charge in [-0.3, -0.25) is 10.1 Å². The Balaban J connectivity index is 1.60. The number of nitro benzene ring substituents is 1. The molecule has 0 unspecified atom stereocenters. The van der Waals surface area contributed by atoms with Crippen molar-refractivity contribution in [3.63, 3.8) is 0 Å². The van der Waals surface area contributed by atoms with E-state index in [9.17, 15) is 10.1 Å². The topological polar surface area (TPSA) is 64.4 Å². The molecule has 0 heterocycles. The second kappa shape index (κ2) is 8.74. The van der Waals surface area contributed by atoms with Gasteiger partial charge in [0.15, 0.2) is 0 Å². The molecular formula is C16H24N2O3. The van der Waals surface area contributed by atoms with Gasteiger partial charge in [0.05, 0.1) is 17.6 Å². The molecule has 0 atom stereocenters. The zero-order valence-corrected chi connectivity index (χ0v) is 12.4. The van der Waals surface area contributed by atoms with Crippen LogP contribution in [0.5, 0.6) is 0 Å². The summed E-state index contributed by atoms with van der Waals surface area (Å²) in [5.74, 6) is 0. The summed E-state index contributed by atoms with van der Waals surface area (Å²) in [5, 5.41) is 14.2. The van der Waals surface area contributed by atoms with Gasteiger partial charge in [-0.05, 0) is 25.8 Å². The fraction of sp³-hybridized carbons (Fsp3) is 0.625. The van der Waals surface area contributed by atoms with E-state index in [1.807, 2.05) is 12.1 Å². The number of hydrogen-bond acceptors (Lipinski definition) is 4. The van der Waals surface area contributed by atoms with Crippen LogP contribution in [0.25, 0.3) is 0 Å². The van der Waals surface area contributed by atoms with E-state index in [0.29, 0.717) is 12.5 Å². The second-order valence-corrected chi connectivity index (χ2v) is 5.52. The Morgan fingerprint density at radius 1 is 1.19 bits per heavy atom. The summed E-state index contributed by atoms with van der Waals surface area (Å²) < 4.78 is 5.83. The molecule has 0 amide bonds. The van der Waals surface area contributed by atoms with Crippen LogP contribution in [-0.2, 0) is 11.2 Å². The maximum Gasteiger partial charge on any atom is 0.272 e. The Morgan fingerprint density at radius 3 is 2.71 bits per heavy atom. The highest BCUT2D eigenvalue weighted by molar-refractivity contribution is 5.39. The van der Waals surface area contributed by atoms with Crippen molar-refractivity contribution in [2.24, 2.45) is 0 Å². The van der Waals surface area contributed by atoms with Crippen LogP contribution in [0.1, 0.15) is 37.7 Å². The van der Waals surface area contributed by atoms with E-state index in [1.165, 1.54) is 32.1 Å². The normalized spacial score (nSPS) is 16.0. The number of nitrogens with zero attached hydrogens (tertiary/aromatic N) is 1. The molecule has 1 saturated carbocycles. The molecule has 1 aliphatic rings. The summed E-state index contributed by atoms with van der Waals surface area (Å²) >= 11 is 0. The maximum absolute atomic E-state index is 10.9. The summed E-state index contributed by atoms with van der Waals surface area (Å²) in [5.41, 5.74) is 0.987. The van der Waals surface area contributed by atoms with E-state index < -0.39 is 0 Å². The quantitative estimate of drug-likeness (QED) is 0.454. The summed E-state index contributed by atoms with van der Waals surface area (Å²) in [4.78, 5) is 10.6. The zero-order chi connectivity index (χ0) is 14.9. The van der Waals surface area contributed by atoms with Crippen molar-refractivity contribution in [3.05, 3.63) is 39.9 Å². The lowest BCUT2D eigenvalue weighted by Gasteiger charge is -2.22. The number of nitro groups is 1. The molecule has 5 nitrogen and oxygen atoms in total. The average Bonchev–Trinajstić information content (AvgIpc) is 2.52. The molecular weight excluding hydrogens is 268 g/mol. The van der Waals surface area contributed by atoms with Crippen molar-refractivity contribution in [2.75, 3.05) is 19.7 Å². The molecule has 1 aromatic rings. The predicted molar refractivity (Wildman–Crippen MR) is 82.5 cm³/mol. The third-order valence-electron chi connectivity index (χ3n) is 3.94. The fourth-order valence-corrected chi connectivity index (χ4v) is 2.78. The number of benzene rings is 1. The van der Waals surface area contributed by atoms with Gasteiger partial charge in [-0.25, -0.2) is 0 Å². The lowest BCUT2D eigenvalue weighted by Crippen LogP contribution is -2.26.